The molecule has 0 fully saturated rings. The lowest BCUT2D eigenvalue weighted by Gasteiger charge is -2.21. The van der Waals surface area contributed by atoms with Gasteiger partial charge in [0.25, 0.3) is 0 Å². The summed E-state index contributed by atoms with van der Waals surface area (Å²) < 4.78 is 0. The predicted octanol–water partition coefficient (Wildman–Crippen LogP) is 3.56. The Labute approximate surface area is 117 Å². The van der Waals surface area contributed by atoms with Crippen LogP contribution in [-0.4, -0.2) is 11.5 Å². The van der Waals surface area contributed by atoms with Crippen LogP contribution < -0.4 is 0 Å². The minimum absolute atomic E-state index is 0.0646. The number of rotatable bonds is 3. The smallest absolute Gasteiger partial charge is 0.210 e. The highest BCUT2D eigenvalue weighted by atomic mass is 16.7. The molecule has 3 heteroatoms. The molecule has 0 saturated heterocycles. The number of hydrogen-bond donors (Lipinski definition) is 0. The maximum absolute atomic E-state index is 12.4. The van der Waals surface area contributed by atoms with Gasteiger partial charge in [-0.25, -0.2) is 0 Å². The van der Waals surface area contributed by atoms with E-state index >= 15 is 0 Å². The molecule has 1 unspecified atom stereocenters. The van der Waals surface area contributed by atoms with Crippen LogP contribution in [0.15, 0.2) is 65.8 Å². The molecule has 0 saturated carbocycles. The van der Waals surface area contributed by atoms with Gasteiger partial charge in [-0.05, 0) is 12.5 Å². The minimum atomic E-state index is -0.555. The second kappa shape index (κ2) is 4.93. The van der Waals surface area contributed by atoms with Crippen LogP contribution in [0.1, 0.15) is 29.3 Å². The van der Waals surface area contributed by atoms with Crippen molar-refractivity contribution in [2.75, 3.05) is 0 Å². The van der Waals surface area contributed by atoms with Gasteiger partial charge in [0, 0.05) is 12.0 Å². The SMILES string of the molecule is CC1(c2ccccc2)CC(C(=O)c2ccccc2)=NO1. The van der Waals surface area contributed by atoms with Crippen LogP contribution in [0.2, 0.25) is 0 Å². The topological polar surface area (TPSA) is 38.7 Å². The van der Waals surface area contributed by atoms with Crippen LogP contribution in [0, 0.1) is 0 Å². The molecule has 2 aromatic rings. The van der Waals surface area contributed by atoms with E-state index < -0.39 is 5.60 Å². The van der Waals surface area contributed by atoms with Crippen molar-refractivity contribution in [2.24, 2.45) is 5.16 Å². The van der Waals surface area contributed by atoms with Crippen LogP contribution in [0.4, 0.5) is 0 Å². The van der Waals surface area contributed by atoms with Crippen molar-refractivity contribution in [3.05, 3.63) is 71.8 Å². The standard InChI is InChI=1S/C17H15NO2/c1-17(14-10-6-3-7-11-14)12-15(18-20-17)16(19)13-8-4-2-5-9-13/h2-11H,12H2,1H3. The van der Waals surface area contributed by atoms with E-state index in [1.165, 1.54) is 0 Å². The molecule has 1 atom stereocenters. The molecule has 20 heavy (non-hydrogen) atoms. The van der Waals surface area contributed by atoms with Gasteiger partial charge < -0.3 is 4.84 Å². The fourth-order valence-electron chi connectivity index (χ4n) is 2.36. The molecule has 0 N–H and O–H groups in total. The molecular weight excluding hydrogens is 250 g/mol. The highest BCUT2D eigenvalue weighted by Gasteiger charge is 2.38. The van der Waals surface area contributed by atoms with Crippen molar-refractivity contribution in [1.29, 1.82) is 0 Å². The number of Topliss-reactive ketones (excluding diaryl/α,β-unsaturated/α-hetero) is 1. The third kappa shape index (κ3) is 2.23. The first-order chi connectivity index (χ1) is 9.69. The second-order valence-electron chi connectivity index (χ2n) is 5.10. The first kappa shape index (κ1) is 12.6. The predicted molar refractivity (Wildman–Crippen MR) is 77.7 cm³/mol. The van der Waals surface area contributed by atoms with Crippen LogP contribution >= 0.6 is 0 Å². The molecule has 0 aliphatic carbocycles. The quantitative estimate of drug-likeness (QED) is 0.796. The third-order valence-corrected chi connectivity index (χ3v) is 3.54. The Morgan fingerprint density at radius 1 is 1.05 bits per heavy atom. The van der Waals surface area contributed by atoms with E-state index in [0.717, 1.165) is 5.56 Å². The van der Waals surface area contributed by atoms with Gasteiger partial charge >= 0.3 is 0 Å². The lowest BCUT2D eigenvalue weighted by molar-refractivity contribution is -0.00738. The number of benzene rings is 2. The summed E-state index contributed by atoms with van der Waals surface area (Å²) in [4.78, 5) is 17.9. The average molecular weight is 265 g/mol. The number of oxime groups is 1. The summed E-state index contributed by atoms with van der Waals surface area (Å²) in [7, 11) is 0. The number of ketones is 1. The van der Waals surface area contributed by atoms with E-state index in [4.69, 9.17) is 4.84 Å². The first-order valence-electron chi connectivity index (χ1n) is 6.59. The van der Waals surface area contributed by atoms with Crippen LogP contribution in [0.3, 0.4) is 0 Å². The highest BCUT2D eigenvalue weighted by molar-refractivity contribution is 6.46. The molecule has 100 valence electrons. The molecule has 1 aliphatic heterocycles. The molecule has 0 spiro atoms. The van der Waals surface area contributed by atoms with Crippen molar-refractivity contribution in [1.82, 2.24) is 0 Å². The van der Waals surface area contributed by atoms with Crippen molar-refractivity contribution in [3.8, 4) is 0 Å². The first-order valence-corrected chi connectivity index (χ1v) is 6.59. The van der Waals surface area contributed by atoms with E-state index in [0.29, 0.717) is 17.7 Å². The summed E-state index contributed by atoms with van der Waals surface area (Å²) in [5.74, 6) is -0.0646. The van der Waals surface area contributed by atoms with Gasteiger partial charge in [-0.2, -0.15) is 0 Å². The van der Waals surface area contributed by atoms with Gasteiger partial charge in [0.1, 0.15) is 5.71 Å². The Hall–Kier alpha value is -2.42. The number of nitrogens with zero attached hydrogens (tertiary/aromatic N) is 1. The minimum Gasteiger partial charge on any atom is -0.384 e. The summed E-state index contributed by atoms with van der Waals surface area (Å²) in [5.41, 5.74) is 1.59. The van der Waals surface area contributed by atoms with Crippen molar-refractivity contribution < 1.29 is 9.63 Å². The lowest BCUT2D eigenvalue weighted by Crippen LogP contribution is -2.24. The molecule has 2 aromatic carbocycles. The van der Waals surface area contributed by atoms with Crippen LogP contribution in [0.25, 0.3) is 0 Å². The van der Waals surface area contributed by atoms with Gasteiger partial charge in [-0.1, -0.05) is 65.8 Å². The molecule has 0 aromatic heterocycles. The van der Waals surface area contributed by atoms with E-state index in [1.807, 2.05) is 55.5 Å². The van der Waals surface area contributed by atoms with Crippen molar-refractivity contribution >= 4 is 11.5 Å². The number of carbonyl (C=O) groups is 1. The third-order valence-electron chi connectivity index (χ3n) is 3.54. The second-order valence-corrected chi connectivity index (χ2v) is 5.10. The maximum atomic E-state index is 12.4. The van der Waals surface area contributed by atoms with E-state index in [9.17, 15) is 4.79 Å². The Balaban J connectivity index is 1.82. The maximum Gasteiger partial charge on any atom is 0.210 e. The molecule has 1 aliphatic rings. The van der Waals surface area contributed by atoms with Crippen LogP contribution in [-0.2, 0) is 10.4 Å². The zero-order chi connectivity index (χ0) is 14.0. The largest absolute Gasteiger partial charge is 0.384 e. The molecular formula is C17H15NO2. The fourth-order valence-corrected chi connectivity index (χ4v) is 2.36. The number of carbonyl (C=O) groups excluding carboxylic acids is 1. The summed E-state index contributed by atoms with van der Waals surface area (Å²) in [6.45, 7) is 1.96. The summed E-state index contributed by atoms with van der Waals surface area (Å²) in [6.07, 6.45) is 0.491. The Bertz CT molecular complexity index is 649. The molecule has 3 rings (SSSR count). The van der Waals surface area contributed by atoms with Crippen LogP contribution in [0.5, 0.6) is 0 Å². The van der Waals surface area contributed by atoms with Gasteiger partial charge in [0.05, 0.1) is 0 Å². The van der Waals surface area contributed by atoms with Gasteiger partial charge in [0.15, 0.2) is 5.60 Å². The zero-order valence-electron chi connectivity index (χ0n) is 11.2. The molecule has 0 amide bonds. The normalized spacial score (nSPS) is 21.1. The van der Waals surface area contributed by atoms with Crippen molar-refractivity contribution in [2.45, 2.75) is 18.9 Å². The Morgan fingerprint density at radius 3 is 2.30 bits per heavy atom. The summed E-state index contributed by atoms with van der Waals surface area (Å²) in [5, 5.41) is 4.01. The highest BCUT2D eigenvalue weighted by Crippen LogP contribution is 2.34. The summed E-state index contributed by atoms with van der Waals surface area (Å²) >= 11 is 0. The summed E-state index contributed by atoms with van der Waals surface area (Å²) in [6, 6.07) is 19.0. The van der Waals surface area contributed by atoms with E-state index in [1.54, 1.807) is 12.1 Å². The van der Waals surface area contributed by atoms with E-state index in [2.05, 4.69) is 5.16 Å². The Morgan fingerprint density at radius 2 is 1.65 bits per heavy atom. The molecule has 1 heterocycles. The number of hydrogen-bond acceptors (Lipinski definition) is 3. The van der Waals surface area contributed by atoms with Gasteiger partial charge in [0.2, 0.25) is 5.78 Å². The fraction of sp³-hybridized carbons (Fsp3) is 0.176. The van der Waals surface area contributed by atoms with Crippen molar-refractivity contribution in [3.63, 3.8) is 0 Å². The average Bonchev–Trinajstić information content (AvgIpc) is 2.92. The monoisotopic (exact) mass is 265 g/mol. The van der Waals surface area contributed by atoms with Gasteiger partial charge in [-0.3, -0.25) is 4.79 Å². The van der Waals surface area contributed by atoms with Gasteiger partial charge in [-0.15, -0.1) is 0 Å². The molecule has 0 bridgehead atoms. The zero-order valence-corrected chi connectivity index (χ0v) is 11.2. The Kier molecular flexibility index (Phi) is 3.11. The lowest BCUT2D eigenvalue weighted by atomic mass is 9.89. The molecule has 0 radical (unpaired) electrons. The molecule has 3 nitrogen and oxygen atoms in total. The van der Waals surface area contributed by atoms with E-state index in [-0.39, 0.29) is 5.78 Å².